The van der Waals surface area contributed by atoms with Gasteiger partial charge in [-0.25, -0.2) is 13.2 Å². The number of aliphatic hydroxyl groups excluding tert-OH is 1. The van der Waals surface area contributed by atoms with Gasteiger partial charge in [-0.05, 0) is 65.8 Å². The average molecular weight is 730 g/mol. The van der Waals surface area contributed by atoms with E-state index in [2.05, 4.69) is 10.3 Å². The van der Waals surface area contributed by atoms with Gasteiger partial charge in [-0.2, -0.15) is 4.31 Å². The molecule has 1 aromatic heterocycles. The monoisotopic (exact) mass is 729 g/mol. The van der Waals surface area contributed by atoms with Crippen LogP contribution in [0, 0.1) is 11.8 Å². The van der Waals surface area contributed by atoms with E-state index in [-0.39, 0.29) is 43.4 Å². The molecule has 2 heterocycles. The van der Waals surface area contributed by atoms with Crippen molar-refractivity contribution in [2.75, 3.05) is 26.7 Å². The molecule has 0 saturated carbocycles. The number of benzene rings is 3. The minimum Gasteiger partial charge on any atom is -0.497 e. The normalized spacial score (nSPS) is 15.5. The Bertz CT molecular complexity index is 1970. The van der Waals surface area contributed by atoms with Crippen LogP contribution in [0.4, 0.5) is 4.79 Å². The molecule has 52 heavy (non-hydrogen) atoms. The van der Waals surface area contributed by atoms with Crippen LogP contribution in [0.15, 0.2) is 96.0 Å². The standard InChI is InChI=1S/C39H47N5O7S/c1-26(2)22-42(52(49,50)31-17-15-30(51-5)16-18-31)24-35(45)34(21-28-11-7-6-8-12-28)41-38(47)37(27(3)4)44-25-36(46)43(39(44)48)23-29-19-20-40-33-14-10-9-13-32(29)33/h6-20,26-27,34-35,37,45H,21-25H2,1-5H3,(H,41,47)/t34-,35+,37?/m0/s1. The molecule has 5 rings (SSSR count). The summed E-state index contributed by atoms with van der Waals surface area (Å²) in [6, 6.07) is 21.9. The Morgan fingerprint density at radius 1 is 0.942 bits per heavy atom. The van der Waals surface area contributed by atoms with Crippen LogP contribution in [0.25, 0.3) is 10.9 Å². The van der Waals surface area contributed by atoms with Crippen LogP contribution in [-0.4, -0.2) is 95.4 Å². The van der Waals surface area contributed by atoms with Gasteiger partial charge in [0.1, 0.15) is 18.3 Å². The number of hydrogen-bond donors (Lipinski definition) is 2. The number of fused-ring (bicyclic) bond motifs is 1. The molecule has 3 atom stereocenters. The number of hydrogen-bond acceptors (Lipinski definition) is 8. The largest absolute Gasteiger partial charge is 0.497 e. The van der Waals surface area contributed by atoms with E-state index in [9.17, 15) is 27.9 Å². The van der Waals surface area contributed by atoms with E-state index in [1.54, 1.807) is 38.2 Å². The molecule has 1 unspecified atom stereocenters. The molecule has 0 bridgehead atoms. The van der Waals surface area contributed by atoms with Crippen molar-refractivity contribution in [3.05, 3.63) is 102 Å². The maximum Gasteiger partial charge on any atom is 0.328 e. The molecule has 1 aliphatic heterocycles. The van der Waals surface area contributed by atoms with Crippen LogP contribution >= 0.6 is 0 Å². The predicted molar refractivity (Wildman–Crippen MR) is 198 cm³/mol. The van der Waals surface area contributed by atoms with E-state index >= 15 is 0 Å². The number of nitrogens with zero attached hydrogens (tertiary/aromatic N) is 4. The highest BCUT2D eigenvalue weighted by atomic mass is 32.2. The van der Waals surface area contributed by atoms with Crippen molar-refractivity contribution in [2.24, 2.45) is 11.8 Å². The first-order valence-electron chi connectivity index (χ1n) is 17.4. The van der Waals surface area contributed by atoms with Crippen LogP contribution in [0.2, 0.25) is 0 Å². The number of rotatable bonds is 16. The molecular formula is C39H47N5O7S. The van der Waals surface area contributed by atoms with Crippen molar-refractivity contribution in [2.45, 2.75) is 63.7 Å². The Kier molecular flexibility index (Phi) is 12.3. The number of imide groups is 1. The second-order valence-corrected chi connectivity index (χ2v) is 15.8. The number of aromatic nitrogens is 1. The third-order valence-electron chi connectivity index (χ3n) is 9.13. The molecule has 13 heteroatoms. The molecule has 1 aliphatic rings. The van der Waals surface area contributed by atoms with Crippen LogP contribution in [0.1, 0.15) is 38.8 Å². The summed E-state index contributed by atoms with van der Waals surface area (Å²) >= 11 is 0. The summed E-state index contributed by atoms with van der Waals surface area (Å²) < 4.78 is 34.2. The van der Waals surface area contributed by atoms with Gasteiger partial charge in [0.25, 0.3) is 5.91 Å². The van der Waals surface area contributed by atoms with Crippen LogP contribution < -0.4 is 10.1 Å². The number of methoxy groups -OCH3 is 1. The highest BCUT2D eigenvalue weighted by Crippen LogP contribution is 2.26. The van der Waals surface area contributed by atoms with Gasteiger partial charge in [-0.15, -0.1) is 0 Å². The number of pyridine rings is 1. The minimum absolute atomic E-state index is 0.0212. The lowest BCUT2D eigenvalue weighted by atomic mass is 9.97. The molecular weight excluding hydrogens is 683 g/mol. The number of carbonyl (C=O) groups is 3. The number of aliphatic hydroxyl groups is 1. The van der Waals surface area contributed by atoms with Gasteiger partial charge < -0.3 is 20.1 Å². The number of nitrogens with one attached hydrogen (secondary N) is 1. The van der Waals surface area contributed by atoms with E-state index in [0.717, 1.165) is 26.9 Å². The highest BCUT2D eigenvalue weighted by molar-refractivity contribution is 7.89. The molecule has 4 amide bonds. The Morgan fingerprint density at radius 3 is 2.27 bits per heavy atom. The Balaban J connectivity index is 1.39. The van der Waals surface area contributed by atoms with Gasteiger partial charge in [-0.1, -0.05) is 76.2 Å². The van der Waals surface area contributed by atoms with Crippen molar-refractivity contribution in [1.29, 1.82) is 0 Å². The molecule has 0 aliphatic carbocycles. The van der Waals surface area contributed by atoms with Gasteiger partial charge in [-0.3, -0.25) is 19.5 Å². The van der Waals surface area contributed by atoms with Crippen molar-refractivity contribution < 1.29 is 32.6 Å². The maximum atomic E-state index is 14.2. The number of ether oxygens (including phenoxy) is 1. The number of sulfonamides is 1. The zero-order valence-corrected chi connectivity index (χ0v) is 31.0. The third-order valence-corrected chi connectivity index (χ3v) is 11.0. The lowest BCUT2D eigenvalue weighted by Gasteiger charge is -2.34. The number of amides is 4. The summed E-state index contributed by atoms with van der Waals surface area (Å²) in [5, 5.41) is 15.6. The SMILES string of the molecule is COc1ccc(S(=O)(=O)N(CC(C)C)C[C@@H](O)[C@H](Cc2ccccc2)NC(=O)C(C(C)C)N2CC(=O)N(Cc3ccnc4ccccc34)C2=O)cc1. The van der Waals surface area contributed by atoms with Crippen molar-refractivity contribution in [3.8, 4) is 5.75 Å². The number of para-hydroxylation sites is 1. The molecule has 0 spiro atoms. The number of urea groups is 1. The lowest BCUT2D eigenvalue weighted by molar-refractivity contribution is -0.129. The van der Waals surface area contributed by atoms with Crippen LogP contribution in [0.3, 0.4) is 0 Å². The molecule has 276 valence electrons. The van der Waals surface area contributed by atoms with Crippen molar-refractivity contribution >= 4 is 38.8 Å². The molecule has 4 aromatic rings. The molecule has 1 fully saturated rings. The van der Waals surface area contributed by atoms with Crippen molar-refractivity contribution in [1.82, 2.24) is 24.4 Å². The Hall–Kier alpha value is -4.85. The van der Waals surface area contributed by atoms with Crippen molar-refractivity contribution in [3.63, 3.8) is 0 Å². The third kappa shape index (κ3) is 8.77. The quantitative estimate of drug-likeness (QED) is 0.161. The minimum atomic E-state index is -4.05. The van der Waals surface area contributed by atoms with Gasteiger partial charge in [0.2, 0.25) is 15.9 Å². The summed E-state index contributed by atoms with van der Waals surface area (Å²) in [7, 11) is -2.55. The Morgan fingerprint density at radius 2 is 1.62 bits per heavy atom. The first kappa shape index (κ1) is 38.4. The molecule has 2 N–H and O–H groups in total. The summed E-state index contributed by atoms with van der Waals surface area (Å²) in [4.78, 5) is 48.2. The van der Waals surface area contributed by atoms with E-state index in [1.807, 2.05) is 68.4 Å². The van der Waals surface area contributed by atoms with Gasteiger partial charge in [0, 0.05) is 24.7 Å². The fourth-order valence-corrected chi connectivity index (χ4v) is 8.15. The molecule has 0 radical (unpaired) electrons. The average Bonchev–Trinajstić information content (AvgIpc) is 3.39. The lowest BCUT2D eigenvalue weighted by Crippen LogP contribution is -2.57. The van der Waals surface area contributed by atoms with Gasteiger partial charge in [0.05, 0.1) is 36.2 Å². The van der Waals surface area contributed by atoms with E-state index in [4.69, 9.17) is 4.74 Å². The van der Waals surface area contributed by atoms with E-state index in [0.29, 0.717) is 5.75 Å². The first-order chi connectivity index (χ1) is 24.8. The summed E-state index contributed by atoms with van der Waals surface area (Å²) in [5.74, 6) is -0.952. The molecule has 1 saturated heterocycles. The second kappa shape index (κ2) is 16.7. The highest BCUT2D eigenvalue weighted by Gasteiger charge is 2.44. The topological polar surface area (TPSA) is 149 Å². The maximum absolute atomic E-state index is 14.2. The van der Waals surface area contributed by atoms with Gasteiger partial charge in [0.15, 0.2) is 0 Å². The fraction of sp³-hybridized carbons (Fsp3) is 0.385. The Labute approximate surface area is 305 Å². The first-order valence-corrected chi connectivity index (χ1v) is 18.8. The van der Waals surface area contributed by atoms with Crippen LogP contribution in [-0.2, 0) is 32.6 Å². The predicted octanol–water partition coefficient (Wildman–Crippen LogP) is 4.47. The zero-order valence-electron chi connectivity index (χ0n) is 30.2. The second-order valence-electron chi connectivity index (χ2n) is 13.8. The van der Waals surface area contributed by atoms with E-state index < -0.39 is 52.0 Å². The zero-order chi connectivity index (χ0) is 37.6. The van der Waals surface area contributed by atoms with E-state index in [1.165, 1.54) is 28.4 Å². The fourth-order valence-electron chi connectivity index (χ4n) is 6.53. The van der Waals surface area contributed by atoms with Crippen LogP contribution in [0.5, 0.6) is 5.75 Å². The molecule has 12 nitrogen and oxygen atoms in total. The van der Waals surface area contributed by atoms with Gasteiger partial charge >= 0.3 is 6.03 Å². The summed E-state index contributed by atoms with van der Waals surface area (Å²) in [6.45, 7) is 6.90. The number of carbonyl (C=O) groups excluding carboxylic acids is 3. The smallest absolute Gasteiger partial charge is 0.328 e. The summed E-state index contributed by atoms with van der Waals surface area (Å²) in [6.07, 6.45) is 0.481. The molecule has 3 aromatic carbocycles. The summed E-state index contributed by atoms with van der Waals surface area (Å²) in [5.41, 5.74) is 2.30.